The van der Waals surface area contributed by atoms with Gasteiger partial charge in [-0.05, 0) is 214 Å². The highest BCUT2D eigenvalue weighted by Gasteiger charge is 2.38. The van der Waals surface area contributed by atoms with Crippen LogP contribution in [0.3, 0.4) is 0 Å². The molecule has 24 rings (SSSR count). The number of fused-ring (bicyclic) bond motifs is 12. The van der Waals surface area contributed by atoms with Crippen LogP contribution in [0.25, 0.3) is 89.5 Å². The molecule has 8 aliphatic carbocycles. The van der Waals surface area contributed by atoms with Gasteiger partial charge in [0, 0.05) is 220 Å². The van der Waals surface area contributed by atoms with E-state index in [9.17, 15) is 8.42 Å². The van der Waals surface area contributed by atoms with Crippen molar-refractivity contribution < 1.29 is 32.1 Å². The van der Waals surface area contributed by atoms with E-state index in [1.165, 1.54) is 156 Å². The first-order chi connectivity index (χ1) is 66.3. The number of methoxy groups -OCH3 is 2. The monoisotopic (exact) mass is 1840 g/mol. The Balaban J connectivity index is 0.000000108. The van der Waals surface area contributed by atoms with Crippen LogP contribution in [0.15, 0.2) is 153 Å². The fourth-order valence-corrected chi connectivity index (χ4v) is 23.7. The van der Waals surface area contributed by atoms with Gasteiger partial charge in [-0.3, -0.25) is 49.7 Å². The smallest absolute Gasteiger partial charge is 0.211 e. The van der Waals surface area contributed by atoms with E-state index in [2.05, 4.69) is 186 Å². The highest BCUT2D eigenvalue weighted by atomic mass is 32.2. The Kier molecular flexibility index (Phi) is 27.1. The van der Waals surface area contributed by atoms with Crippen LogP contribution in [0, 0.1) is 6.92 Å². The fraction of sp³-hybridized carbons (Fsp3) is 0.462. The third-order valence-corrected chi connectivity index (χ3v) is 31.4. The number of anilines is 4. The van der Waals surface area contributed by atoms with Crippen molar-refractivity contribution in [2.75, 3.05) is 147 Å². The summed E-state index contributed by atoms with van der Waals surface area (Å²) in [5.74, 6) is 5.78. The van der Waals surface area contributed by atoms with E-state index in [1.807, 2.05) is 43.8 Å². The molecule has 8 fully saturated rings. The van der Waals surface area contributed by atoms with Crippen molar-refractivity contribution in [1.29, 1.82) is 0 Å². The van der Waals surface area contributed by atoms with Gasteiger partial charge in [-0.15, -0.1) is 0 Å². The normalized spacial score (nSPS) is 22.6. The number of ether oxygens (including phenoxy) is 5. The van der Waals surface area contributed by atoms with E-state index < -0.39 is 10.0 Å². The van der Waals surface area contributed by atoms with Gasteiger partial charge in [0.05, 0.1) is 95.3 Å². The first kappa shape index (κ1) is 89.9. The molecule has 0 unspecified atom stereocenters. The highest BCUT2D eigenvalue weighted by Crippen LogP contribution is 2.49. The number of aromatic amines is 2. The molecule has 4 saturated heterocycles. The van der Waals surface area contributed by atoms with Crippen LogP contribution in [0.2, 0.25) is 0 Å². The van der Waals surface area contributed by atoms with E-state index in [1.54, 1.807) is 49.9 Å². The van der Waals surface area contributed by atoms with Crippen LogP contribution in [-0.2, 0) is 49.9 Å². The third-order valence-electron chi connectivity index (χ3n) is 30.1. The average molecular weight is 1840 g/mol. The van der Waals surface area contributed by atoms with Gasteiger partial charge in [-0.2, -0.15) is 14.5 Å². The van der Waals surface area contributed by atoms with E-state index >= 15 is 0 Å². The number of H-pyrrole nitrogens is 2. The summed E-state index contributed by atoms with van der Waals surface area (Å²) in [5.41, 5.74) is 28.2. The molecule has 0 bridgehead atoms. The van der Waals surface area contributed by atoms with Crippen molar-refractivity contribution in [3.63, 3.8) is 0 Å². The Labute approximate surface area is 790 Å². The summed E-state index contributed by atoms with van der Waals surface area (Å²) in [5, 5.41) is 29.5. The molecule has 12 aliphatic rings. The predicted octanol–water partition coefficient (Wildman–Crippen LogP) is 14.9. The average Bonchev–Trinajstić information content (AvgIpc) is 1.63. The molecular weight excluding hydrogens is 1720 g/mol. The fourth-order valence-electron chi connectivity index (χ4n) is 22.8. The molecule has 12 heterocycles. The van der Waals surface area contributed by atoms with Gasteiger partial charge in [-0.25, -0.2) is 38.3 Å². The van der Waals surface area contributed by atoms with Gasteiger partial charge in [0.25, 0.3) is 0 Å². The molecular formula is C104H123N23O7S. The quantitative estimate of drug-likeness (QED) is 0.0438. The summed E-state index contributed by atoms with van der Waals surface area (Å²) in [6.07, 6.45) is 39.8. The topological polar surface area (TPSA) is 331 Å². The summed E-state index contributed by atoms with van der Waals surface area (Å²) in [6.45, 7) is 16.5. The van der Waals surface area contributed by atoms with Gasteiger partial charge in [0.2, 0.25) is 10.0 Å². The number of sulfonamides is 1. The van der Waals surface area contributed by atoms with Crippen molar-refractivity contribution in [3.8, 4) is 101 Å². The number of hydrogen-bond donors (Lipinski definition) is 6. The molecule has 6 N–H and O–H groups in total. The lowest BCUT2D eigenvalue weighted by atomic mass is 9.89. The van der Waals surface area contributed by atoms with Crippen LogP contribution in [0.5, 0.6) is 11.5 Å². The van der Waals surface area contributed by atoms with Crippen molar-refractivity contribution in [2.45, 2.75) is 184 Å². The molecule has 31 heteroatoms. The minimum Gasteiger partial charge on any atom is -0.495 e. The summed E-state index contributed by atoms with van der Waals surface area (Å²) in [4.78, 5) is 55.8. The van der Waals surface area contributed by atoms with Crippen molar-refractivity contribution in [1.82, 2.24) is 94.1 Å². The maximum absolute atomic E-state index is 11.8. The van der Waals surface area contributed by atoms with Crippen LogP contribution in [-0.4, -0.2) is 276 Å². The number of morpholine rings is 3. The first-order valence-electron chi connectivity index (χ1n) is 48.9. The first-order valence-corrected chi connectivity index (χ1v) is 50.7. The molecule has 0 atom stereocenters. The zero-order valence-corrected chi connectivity index (χ0v) is 78.7. The predicted molar refractivity (Wildman–Crippen MR) is 524 cm³/mol. The molecule has 30 nitrogen and oxygen atoms in total. The summed E-state index contributed by atoms with van der Waals surface area (Å²) in [6, 6.07) is 39.1. The maximum atomic E-state index is 11.8. The van der Waals surface area contributed by atoms with E-state index in [0.29, 0.717) is 61.4 Å². The number of aryl methyl sites for hydroxylation is 1. The number of benzene rings is 4. The molecule has 4 aliphatic heterocycles. The molecule has 4 aromatic carbocycles. The minimum absolute atomic E-state index is 0.421. The molecule has 135 heavy (non-hydrogen) atoms. The molecule has 4 saturated carbocycles. The molecule has 702 valence electrons. The zero-order valence-electron chi connectivity index (χ0n) is 77.9. The molecule has 12 aromatic rings. The van der Waals surface area contributed by atoms with E-state index in [4.69, 9.17) is 33.7 Å². The molecule has 0 spiro atoms. The zero-order chi connectivity index (χ0) is 91.3. The van der Waals surface area contributed by atoms with Crippen molar-refractivity contribution in [3.05, 3.63) is 204 Å². The lowest BCUT2D eigenvalue weighted by Gasteiger charge is -2.41. The summed E-state index contributed by atoms with van der Waals surface area (Å²) >= 11 is 0. The summed E-state index contributed by atoms with van der Waals surface area (Å²) in [7, 11) is 0.252. The number of rotatable bonds is 19. The Morgan fingerprint density at radius 2 is 0.756 bits per heavy atom. The van der Waals surface area contributed by atoms with E-state index in [-0.39, 0.29) is 0 Å². The lowest BCUT2D eigenvalue weighted by Crippen LogP contribution is -2.52. The third kappa shape index (κ3) is 20.2. The molecule has 0 amide bonds. The van der Waals surface area contributed by atoms with Crippen LogP contribution in [0.4, 0.5) is 23.0 Å². The highest BCUT2D eigenvalue weighted by molar-refractivity contribution is 7.88. The number of nitrogens with zero attached hydrogens (tertiary/aromatic N) is 17. The van der Waals surface area contributed by atoms with E-state index in [0.717, 1.165) is 246 Å². The molecule has 0 radical (unpaired) electrons. The Morgan fingerprint density at radius 3 is 1.15 bits per heavy atom. The standard InChI is InChI=1S/C29H35N5O3S.C28H32N4O2.C24H29N7O.C23H27N7O/c1-37-25-15-22(18-30-19-25)20-3-4-21-17-28-29(26(21)16-20)27(9-10-31-28)32-23-5-7-24(8-6-23)33-11-13-34(14-12-33)38(2,35)36;1-33-24-14-21(17-29-18-24)19-2-3-20-16-27-28(25(20)15-19)26(8-9-30-27)31-22-4-6-23(7-5-22)32-10-12-34-13-11-32;1-15-27-23(30-29-15)17-3-2-16-13-21-22(20(16)12-17)24(26-14-25-21)28-18-4-6-19(7-5-18)31-8-10-32-11-9-31;1-2-16(22-26-14-27-29-22)11-19-15(1)12-20-21(19)23(25-13-24-20)28-17-3-5-18(6-4-17)30-7-9-31-10-8-30/h3-4,9-10,15-16,18-19,23-24H,5-8,11-14,17H2,1-2H3,(H,31,32);2-3,8-9,14-15,17-18,22-23H,4-7,10-13,16H2,1H3,(H,30,31);2-3,12,14,18-19H,4-11,13H2,1H3,(H,25,26,28)(H,27,29,30);1-2,11,13-14,17-18H,3-10,12H2,(H,24,25,28)(H,26,27,29). The van der Waals surface area contributed by atoms with Crippen LogP contribution >= 0.6 is 0 Å². The second-order valence-electron chi connectivity index (χ2n) is 38.2. The van der Waals surface area contributed by atoms with Crippen molar-refractivity contribution in [2.24, 2.45) is 0 Å². The van der Waals surface area contributed by atoms with Gasteiger partial charge >= 0.3 is 0 Å². The Morgan fingerprint density at radius 1 is 0.378 bits per heavy atom. The molecule has 8 aromatic heterocycles. The maximum Gasteiger partial charge on any atom is 0.211 e. The number of aromatic nitrogens is 14. The van der Waals surface area contributed by atoms with Crippen LogP contribution in [0.1, 0.15) is 154 Å². The second kappa shape index (κ2) is 40.7. The number of hydrogen-bond acceptors (Lipinski definition) is 27. The minimum atomic E-state index is -3.09. The van der Waals surface area contributed by atoms with Gasteiger partial charge < -0.3 is 45.0 Å². The lowest BCUT2D eigenvalue weighted by molar-refractivity contribution is 0.00788. The largest absolute Gasteiger partial charge is 0.495 e. The number of pyridine rings is 4. The number of nitrogens with one attached hydrogen (secondary N) is 6. The number of piperazine rings is 1. The summed E-state index contributed by atoms with van der Waals surface area (Å²) < 4.78 is 52.6. The van der Waals surface area contributed by atoms with Crippen molar-refractivity contribution >= 4 is 33.0 Å². The second-order valence-corrected chi connectivity index (χ2v) is 40.2. The van der Waals surface area contributed by atoms with Gasteiger partial charge in [0.15, 0.2) is 11.6 Å². The van der Waals surface area contributed by atoms with Crippen LogP contribution < -0.4 is 30.7 Å². The SMILES string of the molecule is COc1cncc(-c2ccc3c(c2)-c2c(NC4CCC(N5CCN(S(C)(=O)=O)CC5)CC4)ccnc2C3)c1.COc1cncc(-c2ccc3c(c2)-c2c(NC4CCC(N5CCOCC5)CC4)ccnc2C3)c1.Cc1nc(-c2ccc3c(c2)-c2c(ncnc2NC2CCC(N4CCOCC4)CC2)C3)n[nH]1.c1n[nH]c(-c2ccc3c(c2)-c2c(ncnc2NC2CCC(N4CCOCC4)CC2)C3)n1. The Bertz CT molecular complexity index is 6260. The van der Waals surface area contributed by atoms with Gasteiger partial charge in [-0.1, -0.05) is 48.5 Å². The van der Waals surface area contributed by atoms with Gasteiger partial charge in [0.1, 0.15) is 47.9 Å². The Hall–Kier alpha value is -11.6.